The molecule has 0 unspecified atom stereocenters. The summed E-state index contributed by atoms with van der Waals surface area (Å²) in [6.07, 6.45) is 0.950. The maximum Gasteiger partial charge on any atom is 0.337 e. The van der Waals surface area contributed by atoms with Crippen LogP contribution < -0.4 is 0 Å². The minimum atomic E-state index is -4.02. The lowest BCUT2D eigenvalue weighted by molar-refractivity contribution is -0.141. The molecule has 0 aliphatic heterocycles. The van der Waals surface area contributed by atoms with E-state index in [2.05, 4.69) is 9.72 Å². The van der Waals surface area contributed by atoms with Crippen molar-refractivity contribution < 1.29 is 27.9 Å². The monoisotopic (exact) mass is 316 g/mol. The molecule has 1 N–H and O–H groups in total. The summed E-state index contributed by atoms with van der Waals surface area (Å²) < 4.78 is 30.2. The van der Waals surface area contributed by atoms with Gasteiger partial charge in [-0.1, -0.05) is 0 Å². The molecule has 1 heterocycles. The second-order valence-corrected chi connectivity index (χ2v) is 6.25. The smallest absolute Gasteiger partial charge is 0.337 e. The van der Waals surface area contributed by atoms with E-state index in [1.54, 1.807) is 13.8 Å². The van der Waals surface area contributed by atoms with Crippen LogP contribution in [0.3, 0.4) is 0 Å². The Morgan fingerprint density at radius 3 is 2.38 bits per heavy atom. The van der Waals surface area contributed by atoms with Crippen molar-refractivity contribution in [3.05, 3.63) is 23.9 Å². The second kappa shape index (κ2) is 6.64. The van der Waals surface area contributed by atoms with E-state index in [-0.39, 0.29) is 10.6 Å². The number of hydrogen-bond acceptors (Lipinski definition) is 6. The largest absolute Gasteiger partial charge is 0.478 e. The molecule has 116 valence electrons. The fourth-order valence-electron chi connectivity index (χ4n) is 1.52. The maximum absolute atomic E-state index is 12.4. The Morgan fingerprint density at radius 2 is 2.00 bits per heavy atom. The summed E-state index contributed by atoms with van der Waals surface area (Å²) in [4.78, 5) is 25.7. The molecule has 0 aliphatic rings. The highest BCUT2D eigenvalue weighted by Gasteiger charge is 2.30. The van der Waals surface area contributed by atoms with E-state index < -0.39 is 34.5 Å². The summed E-state index contributed by atoms with van der Waals surface area (Å²) in [6, 6.07) is 1.74. The number of carbonyl (C=O) groups excluding carboxylic acids is 1. The number of hydrogen-bond donors (Lipinski definition) is 1. The average molecular weight is 316 g/mol. The predicted molar refractivity (Wildman–Crippen MR) is 72.2 cm³/mol. The number of nitrogens with zero attached hydrogens (tertiary/aromatic N) is 2. The summed E-state index contributed by atoms with van der Waals surface area (Å²) in [5, 5.41) is 8.44. The van der Waals surface area contributed by atoms with Gasteiger partial charge in [0.25, 0.3) is 10.0 Å². The second-order valence-electron chi connectivity index (χ2n) is 4.41. The van der Waals surface area contributed by atoms with E-state index >= 15 is 0 Å². The lowest BCUT2D eigenvalue weighted by atomic mass is 10.3. The molecular weight excluding hydrogens is 300 g/mol. The van der Waals surface area contributed by atoms with Crippen LogP contribution in [-0.4, -0.2) is 54.4 Å². The Labute approximate surface area is 122 Å². The van der Waals surface area contributed by atoms with Gasteiger partial charge in [-0.15, -0.1) is 0 Å². The van der Waals surface area contributed by atoms with E-state index in [4.69, 9.17) is 5.11 Å². The Morgan fingerprint density at radius 1 is 1.38 bits per heavy atom. The molecule has 1 aromatic rings. The van der Waals surface area contributed by atoms with E-state index in [1.807, 2.05) is 0 Å². The lowest BCUT2D eigenvalue weighted by Crippen LogP contribution is -2.41. The Kier molecular flexibility index (Phi) is 5.39. The molecule has 8 nitrogen and oxygen atoms in total. The van der Waals surface area contributed by atoms with Crippen LogP contribution in [0.25, 0.3) is 0 Å². The van der Waals surface area contributed by atoms with Gasteiger partial charge in [0.05, 0.1) is 12.7 Å². The third-order valence-corrected chi connectivity index (χ3v) is 4.58. The molecule has 0 amide bonds. The molecule has 0 saturated heterocycles. The molecule has 0 radical (unpaired) electrons. The summed E-state index contributed by atoms with van der Waals surface area (Å²) in [7, 11) is -2.86. The van der Waals surface area contributed by atoms with Gasteiger partial charge in [-0.3, -0.25) is 4.79 Å². The standard InChI is InChI=1S/C12H16N2O6S/c1-8(2)14(7-11(15)20-3)21(18,19)10-5-4-9(6-13-10)12(16)17/h4-6,8H,7H2,1-3H3,(H,16,17). The fraction of sp³-hybridized carbons (Fsp3) is 0.417. The van der Waals surface area contributed by atoms with Crippen LogP contribution in [0.4, 0.5) is 0 Å². The molecule has 0 fully saturated rings. The van der Waals surface area contributed by atoms with Crippen molar-refractivity contribution in [1.82, 2.24) is 9.29 Å². The first kappa shape index (κ1) is 17.1. The first-order valence-electron chi connectivity index (χ1n) is 5.98. The number of rotatable bonds is 6. The van der Waals surface area contributed by atoms with Crippen molar-refractivity contribution in [3.8, 4) is 0 Å². The van der Waals surface area contributed by atoms with Gasteiger partial charge in [0.1, 0.15) is 6.54 Å². The molecule has 0 saturated carbocycles. The number of aromatic nitrogens is 1. The number of carbonyl (C=O) groups is 2. The van der Waals surface area contributed by atoms with Crippen molar-refractivity contribution in [3.63, 3.8) is 0 Å². The third kappa shape index (κ3) is 3.99. The molecular formula is C12H16N2O6S. The van der Waals surface area contributed by atoms with Gasteiger partial charge in [-0.25, -0.2) is 18.2 Å². The van der Waals surface area contributed by atoms with Crippen LogP contribution in [-0.2, 0) is 19.6 Å². The number of carboxylic acids is 1. The molecule has 0 spiro atoms. The fourth-order valence-corrected chi connectivity index (χ4v) is 3.01. The quantitative estimate of drug-likeness (QED) is 0.753. The molecule has 9 heteroatoms. The van der Waals surface area contributed by atoms with Gasteiger partial charge < -0.3 is 9.84 Å². The van der Waals surface area contributed by atoms with Crippen LogP contribution in [0.5, 0.6) is 0 Å². The number of aromatic carboxylic acids is 1. The van der Waals surface area contributed by atoms with Crippen molar-refractivity contribution in [2.75, 3.05) is 13.7 Å². The van der Waals surface area contributed by atoms with Gasteiger partial charge in [-0.2, -0.15) is 4.31 Å². The zero-order valence-corrected chi connectivity index (χ0v) is 12.6. The molecule has 0 atom stereocenters. The topological polar surface area (TPSA) is 114 Å². The van der Waals surface area contributed by atoms with Crippen LogP contribution in [0, 0.1) is 0 Å². The number of carboxylic acid groups (broad SMARTS) is 1. The molecule has 0 bridgehead atoms. The first-order valence-corrected chi connectivity index (χ1v) is 7.42. The number of ether oxygens (including phenoxy) is 1. The SMILES string of the molecule is COC(=O)CN(C(C)C)S(=O)(=O)c1ccc(C(=O)O)cn1. The Bertz CT molecular complexity index is 624. The van der Waals surface area contributed by atoms with Gasteiger partial charge in [0.15, 0.2) is 5.03 Å². The molecule has 21 heavy (non-hydrogen) atoms. The molecule has 0 aromatic carbocycles. The van der Waals surface area contributed by atoms with Crippen LogP contribution >= 0.6 is 0 Å². The Hall–Kier alpha value is -2.00. The van der Waals surface area contributed by atoms with Gasteiger partial charge in [-0.05, 0) is 26.0 Å². The maximum atomic E-state index is 12.4. The van der Waals surface area contributed by atoms with E-state index in [0.717, 1.165) is 29.7 Å². The van der Waals surface area contributed by atoms with Crippen LogP contribution in [0.1, 0.15) is 24.2 Å². The van der Waals surface area contributed by atoms with E-state index in [0.29, 0.717) is 0 Å². The summed E-state index contributed by atoms with van der Waals surface area (Å²) >= 11 is 0. The normalized spacial score (nSPS) is 11.7. The lowest BCUT2D eigenvalue weighted by Gasteiger charge is -2.24. The van der Waals surface area contributed by atoms with Crippen molar-refractivity contribution in [2.24, 2.45) is 0 Å². The zero-order valence-electron chi connectivity index (χ0n) is 11.8. The Balaban J connectivity index is 3.16. The highest BCUT2D eigenvalue weighted by molar-refractivity contribution is 7.89. The third-order valence-electron chi connectivity index (χ3n) is 2.64. The van der Waals surface area contributed by atoms with Gasteiger partial charge >= 0.3 is 11.9 Å². The molecule has 0 aliphatic carbocycles. The highest BCUT2D eigenvalue weighted by atomic mass is 32.2. The van der Waals surface area contributed by atoms with Gasteiger partial charge in [0, 0.05) is 12.2 Å². The summed E-state index contributed by atoms with van der Waals surface area (Å²) in [6.45, 7) is 2.76. The average Bonchev–Trinajstić information content (AvgIpc) is 2.43. The number of pyridine rings is 1. The number of esters is 1. The molecule has 1 aromatic heterocycles. The van der Waals surface area contributed by atoms with E-state index in [9.17, 15) is 18.0 Å². The highest BCUT2D eigenvalue weighted by Crippen LogP contribution is 2.16. The van der Waals surface area contributed by atoms with Crippen molar-refractivity contribution >= 4 is 22.0 Å². The van der Waals surface area contributed by atoms with Crippen molar-refractivity contribution in [2.45, 2.75) is 24.9 Å². The van der Waals surface area contributed by atoms with Crippen molar-refractivity contribution in [1.29, 1.82) is 0 Å². The predicted octanol–water partition coefficient (Wildman–Crippen LogP) is 0.352. The zero-order chi connectivity index (χ0) is 16.2. The van der Waals surface area contributed by atoms with Gasteiger partial charge in [0.2, 0.25) is 0 Å². The summed E-state index contributed by atoms with van der Waals surface area (Å²) in [5.74, 6) is -1.91. The van der Waals surface area contributed by atoms with Crippen LogP contribution in [0.2, 0.25) is 0 Å². The van der Waals surface area contributed by atoms with E-state index in [1.165, 1.54) is 0 Å². The minimum absolute atomic E-state index is 0.127. The number of sulfonamides is 1. The molecule has 1 rings (SSSR count). The summed E-state index contributed by atoms with van der Waals surface area (Å²) in [5.41, 5.74) is -0.127. The first-order chi connectivity index (χ1) is 9.70. The van der Waals surface area contributed by atoms with Crippen LogP contribution in [0.15, 0.2) is 23.4 Å². The number of methoxy groups -OCH3 is 1. The minimum Gasteiger partial charge on any atom is -0.478 e.